The van der Waals surface area contributed by atoms with Gasteiger partial charge in [0.15, 0.2) is 5.79 Å². The summed E-state index contributed by atoms with van der Waals surface area (Å²) >= 11 is 0. The van der Waals surface area contributed by atoms with Crippen LogP contribution in [0.25, 0.3) is 0 Å². The molecular weight excluding hydrogens is 268 g/mol. The molecule has 3 nitrogen and oxygen atoms in total. The van der Waals surface area contributed by atoms with Gasteiger partial charge in [-0.1, -0.05) is 37.5 Å². The summed E-state index contributed by atoms with van der Waals surface area (Å²) < 4.78 is 18.1. The van der Waals surface area contributed by atoms with Gasteiger partial charge in [0.1, 0.15) is 18.3 Å². The number of ether oxygens (including phenoxy) is 3. The summed E-state index contributed by atoms with van der Waals surface area (Å²) in [5, 5.41) is 0. The normalized spacial score (nSPS) is 43.2. The van der Waals surface area contributed by atoms with Gasteiger partial charge >= 0.3 is 0 Å². The molecule has 0 aromatic rings. The van der Waals surface area contributed by atoms with Crippen LogP contribution >= 0.6 is 0 Å². The summed E-state index contributed by atoms with van der Waals surface area (Å²) in [6.45, 7) is 17.4. The van der Waals surface area contributed by atoms with Crippen LogP contribution in [0.4, 0.5) is 0 Å². The number of rotatable bonds is 2. The first-order chi connectivity index (χ1) is 9.09. The lowest BCUT2D eigenvalue weighted by Gasteiger charge is -2.31. The van der Waals surface area contributed by atoms with E-state index >= 15 is 0 Å². The van der Waals surface area contributed by atoms with Crippen molar-refractivity contribution in [1.82, 2.24) is 0 Å². The third-order valence-corrected chi connectivity index (χ3v) is 5.60. The molecule has 2 aliphatic heterocycles. The van der Waals surface area contributed by atoms with Gasteiger partial charge in [0.25, 0.3) is 0 Å². The van der Waals surface area contributed by atoms with Crippen molar-refractivity contribution in [1.29, 1.82) is 0 Å². The molecule has 3 aliphatic rings. The third kappa shape index (κ3) is 2.43. The molecule has 0 spiro atoms. The molecule has 20 heavy (non-hydrogen) atoms. The van der Waals surface area contributed by atoms with Crippen molar-refractivity contribution in [2.45, 2.75) is 70.6 Å². The Balaban J connectivity index is 1.91. The molecule has 0 amide bonds. The monoisotopic (exact) mass is 294 g/mol. The quantitative estimate of drug-likeness (QED) is 0.445. The van der Waals surface area contributed by atoms with E-state index in [4.69, 9.17) is 14.2 Å². The Hall–Kier alpha value is -0.423. The lowest BCUT2D eigenvalue weighted by atomic mass is 9.78. The summed E-state index contributed by atoms with van der Waals surface area (Å²) in [7, 11) is -1.25. The maximum absolute atomic E-state index is 6.18. The van der Waals surface area contributed by atoms with Gasteiger partial charge in [-0.15, -0.1) is 0 Å². The fourth-order valence-electron chi connectivity index (χ4n) is 3.68. The molecule has 2 heterocycles. The first kappa shape index (κ1) is 14.5. The van der Waals surface area contributed by atoms with E-state index in [0.717, 1.165) is 5.57 Å². The zero-order valence-electron chi connectivity index (χ0n) is 13.4. The standard InChI is InChI=1S/C16H26O3Si/c1-9(8-20(5,6)7)11-14-12(17-14)10(2)13-15(11)19-16(3,4)18-13/h8,11-15H,2H2,1,3-7H3/b9-8+/t11-,12-,13-,14+,15+/m0/s1. The molecular formula is C16H26O3Si. The van der Waals surface area contributed by atoms with Crippen LogP contribution in [0.5, 0.6) is 0 Å². The second-order valence-electron chi connectivity index (χ2n) is 7.90. The van der Waals surface area contributed by atoms with Crippen molar-refractivity contribution in [3.05, 3.63) is 23.4 Å². The van der Waals surface area contributed by atoms with Gasteiger partial charge in [-0.25, -0.2) is 0 Å². The molecule has 3 rings (SSSR count). The fraction of sp³-hybridized carbons (Fsp3) is 0.750. The van der Waals surface area contributed by atoms with Gasteiger partial charge in [-0.2, -0.15) is 0 Å². The molecule has 0 aromatic heterocycles. The highest BCUT2D eigenvalue weighted by molar-refractivity contribution is 6.81. The van der Waals surface area contributed by atoms with E-state index in [9.17, 15) is 0 Å². The predicted octanol–water partition coefficient (Wildman–Crippen LogP) is 3.28. The second-order valence-corrected chi connectivity index (χ2v) is 12.9. The fourth-order valence-corrected chi connectivity index (χ4v) is 5.24. The highest BCUT2D eigenvalue weighted by Gasteiger charge is 2.62. The minimum absolute atomic E-state index is 0.0243. The van der Waals surface area contributed by atoms with Crippen molar-refractivity contribution in [3.63, 3.8) is 0 Å². The molecule has 112 valence electrons. The predicted molar refractivity (Wildman–Crippen MR) is 82.2 cm³/mol. The maximum atomic E-state index is 6.18. The largest absolute Gasteiger partial charge is 0.364 e. The molecule has 0 bridgehead atoms. The minimum atomic E-state index is -1.25. The van der Waals surface area contributed by atoms with Crippen LogP contribution < -0.4 is 0 Å². The van der Waals surface area contributed by atoms with Gasteiger partial charge in [0, 0.05) is 5.92 Å². The van der Waals surface area contributed by atoms with Crippen LogP contribution in [0.1, 0.15) is 20.8 Å². The van der Waals surface area contributed by atoms with E-state index in [2.05, 4.69) is 38.8 Å². The van der Waals surface area contributed by atoms with Crippen LogP contribution in [0.2, 0.25) is 19.6 Å². The zero-order valence-corrected chi connectivity index (χ0v) is 14.4. The van der Waals surface area contributed by atoms with Crippen molar-refractivity contribution < 1.29 is 14.2 Å². The van der Waals surface area contributed by atoms with Crippen LogP contribution in [-0.2, 0) is 14.2 Å². The SMILES string of the molecule is C=C1[C@@H]2O[C@@H]2[C@H](/C(C)=C/[Si](C)(C)C)[C@H]2OC(C)(C)O[C@@H]12. The summed E-state index contributed by atoms with van der Waals surface area (Å²) in [6, 6.07) is 0. The summed E-state index contributed by atoms with van der Waals surface area (Å²) in [6.07, 6.45) is 0.440. The van der Waals surface area contributed by atoms with Gasteiger partial charge in [0.05, 0.1) is 14.2 Å². The number of hydrogen-bond donors (Lipinski definition) is 0. The lowest BCUT2D eigenvalue weighted by molar-refractivity contribution is -0.147. The van der Waals surface area contributed by atoms with E-state index in [1.807, 2.05) is 13.8 Å². The highest BCUT2D eigenvalue weighted by atomic mass is 28.3. The smallest absolute Gasteiger partial charge is 0.164 e. The maximum Gasteiger partial charge on any atom is 0.164 e. The molecule has 3 fully saturated rings. The molecule has 0 unspecified atom stereocenters. The Kier molecular flexibility index (Phi) is 3.11. The first-order valence-electron chi connectivity index (χ1n) is 7.48. The lowest BCUT2D eigenvalue weighted by Crippen LogP contribution is -2.42. The molecule has 0 radical (unpaired) electrons. The number of fused-ring (bicyclic) bond motifs is 2. The number of hydrogen-bond acceptors (Lipinski definition) is 3. The topological polar surface area (TPSA) is 31.0 Å². The average Bonchev–Trinajstić information content (AvgIpc) is 2.94. The van der Waals surface area contributed by atoms with E-state index < -0.39 is 13.9 Å². The molecule has 0 aromatic carbocycles. The Labute approximate surface area is 123 Å². The van der Waals surface area contributed by atoms with Crippen molar-refractivity contribution >= 4 is 8.07 Å². The van der Waals surface area contributed by atoms with E-state index in [1.165, 1.54) is 5.57 Å². The average molecular weight is 294 g/mol. The molecule has 2 saturated heterocycles. The zero-order chi connectivity index (χ0) is 14.9. The molecule has 4 heteroatoms. The molecule has 5 atom stereocenters. The first-order valence-corrected chi connectivity index (χ1v) is 11.1. The Morgan fingerprint density at radius 1 is 1.15 bits per heavy atom. The van der Waals surface area contributed by atoms with E-state index in [1.54, 1.807) is 0 Å². The van der Waals surface area contributed by atoms with Crippen molar-refractivity contribution in [2.24, 2.45) is 5.92 Å². The Bertz CT molecular complexity index is 475. The second kappa shape index (κ2) is 4.29. The highest BCUT2D eigenvalue weighted by Crippen LogP contribution is 2.52. The Morgan fingerprint density at radius 2 is 1.80 bits per heavy atom. The van der Waals surface area contributed by atoms with Crippen LogP contribution in [0.3, 0.4) is 0 Å². The van der Waals surface area contributed by atoms with E-state index in [0.29, 0.717) is 5.92 Å². The number of epoxide rings is 1. The minimum Gasteiger partial charge on any atom is -0.364 e. The van der Waals surface area contributed by atoms with Crippen LogP contribution in [-0.4, -0.2) is 38.3 Å². The summed E-state index contributed by atoms with van der Waals surface area (Å²) in [4.78, 5) is 0. The van der Waals surface area contributed by atoms with Gasteiger partial charge < -0.3 is 14.2 Å². The van der Waals surface area contributed by atoms with E-state index in [-0.39, 0.29) is 24.4 Å². The third-order valence-electron chi connectivity index (χ3n) is 4.28. The van der Waals surface area contributed by atoms with Gasteiger partial charge in [0.2, 0.25) is 0 Å². The summed E-state index contributed by atoms with van der Waals surface area (Å²) in [5.41, 5.74) is 4.93. The Morgan fingerprint density at radius 3 is 2.40 bits per heavy atom. The van der Waals surface area contributed by atoms with Crippen LogP contribution in [0, 0.1) is 5.92 Å². The summed E-state index contributed by atoms with van der Waals surface area (Å²) in [5.74, 6) is -0.212. The molecule has 0 N–H and O–H groups in total. The van der Waals surface area contributed by atoms with Gasteiger partial charge in [-0.3, -0.25) is 0 Å². The molecule has 1 aliphatic carbocycles. The van der Waals surface area contributed by atoms with Crippen molar-refractivity contribution in [3.8, 4) is 0 Å². The molecule has 1 saturated carbocycles. The van der Waals surface area contributed by atoms with Crippen LogP contribution in [0.15, 0.2) is 23.4 Å². The van der Waals surface area contributed by atoms with Gasteiger partial charge in [-0.05, 0) is 26.3 Å². The van der Waals surface area contributed by atoms with Crippen molar-refractivity contribution in [2.75, 3.05) is 0 Å².